The molecule has 0 aliphatic heterocycles. The third-order valence-electron chi connectivity index (χ3n) is 4.25. The predicted molar refractivity (Wildman–Crippen MR) is 106 cm³/mol. The van der Waals surface area contributed by atoms with Crippen molar-refractivity contribution in [1.82, 2.24) is 0 Å². The van der Waals surface area contributed by atoms with Crippen molar-refractivity contribution in [3.05, 3.63) is 35.4 Å². The summed E-state index contributed by atoms with van der Waals surface area (Å²) in [6.07, 6.45) is 7.50. The number of carbonyl (C=O) groups is 2. The second kappa shape index (κ2) is 12.5. The molecule has 158 valence electrons. The maximum atomic E-state index is 12.3. The molecule has 0 fully saturated rings. The molecule has 0 radical (unpaired) electrons. The fraction of sp³-hybridized carbons (Fsp3) is 0.600. The Labute approximate surface area is 167 Å². The lowest BCUT2D eigenvalue weighted by Gasteiger charge is -2.14. The number of carbonyl (C=O) groups excluding carboxylic acids is 2. The topological polar surface area (TPSA) is 107 Å². The molecule has 28 heavy (non-hydrogen) atoms. The van der Waals surface area contributed by atoms with Crippen LogP contribution in [0.15, 0.2) is 24.3 Å². The molecule has 1 unspecified atom stereocenters. The average molecular weight is 415 g/mol. The Kier molecular flexibility index (Phi) is 10.8. The normalized spacial score (nSPS) is 12.4. The highest BCUT2D eigenvalue weighted by molar-refractivity contribution is 7.86. The Hall–Kier alpha value is -1.93. The summed E-state index contributed by atoms with van der Waals surface area (Å²) in [5, 5.41) is 0. The lowest BCUT2D eigenvalue weighted by atomic mass is 10.1. The lowest BCUT2D eigenvalue weighted by Crippen LogP contribution is -2.27. The molecule has 0 aromatic heterocycles. The van der Waals surface area contributed by atoms with Gasteiger partial charge in [-0.1, -0.05) is 64.5 Å². The van der Waals surface area contributed by atoms with Crippen LogP contribution in [0.25, 0.3) is 0 Å². The highest BCUT2D eigenvalue weighted by atomic mass is 32.2. The van der Waals surface area contributed by atoms with Gasteiger partial charge in [0.1, 0.15) is 0 Å². The molecule has 1 rings (SSSR count). The Bertz CT molecular complexity index is 728. The van der Waals surface area contributed by atoms with Crippen LogP contribution >= 0.6 is 0 Å². The van der Waals surface area contributed by atoms with Crippen molar-refractivity contribution in [1.29, 1.82) is 0 Å². The van der Waals surface area contributed by atoms with Crippen molar-refractivity contribution in [2.24, 2.45) is 0 Å². The lowest BCUT2D eigenvalue weighted by molar-refractivity contribution is 0.0402. The van der Waals surface area contributed by atoms with Gasteiger partial charge in [0.15, 0.2) is 0 Å². The molecule has 0 amide bonds. The van der Waals surface area contributed by atoms with Gasteiger partial charge in [-0.3, -0.25) is 4.55 Å². The summed E-state index contributed by atoms with van der Waals surface area (Å²) in [5.41, 5.74) is -1.79. The minimum atomic E-state index is -4.54. The minimum Gasteiger partial charge on any atom is -0.462 e. The van der Waals surface area contributed by atoms with Crippen LogP contribution in [0, 0.1) is 0 Å². The number of ether oxygens (including phenoxy) is 2. The smallest absolute Gasteiger partial charge is 0.340 e. The van der Waals surface area contributed by atoms with Crippen molar-refractivity contribution >= 4 is 22.1 Å². The fourth-order valence-electron chi connectivity index (χ4n) is 2.68. The number of benzene rings is 1. The summed E-state index contributed by atoms with van der Waals surface area (Å²) in [4.78, 5) is 24.6. The Morgan fingerprint density at radius 2 is 1.46 bits per heavy atom. The highest BCUT2D eigenvalue weighted by Gasteiger charge is 2.28. The Morgan fingerprint density at radius 1 is 0.929 bits per heavy atom. The zero-order valence-corrected chi connectivity index (χ0v) is 17.4. The molecule has 1 N–H and O–H groups in total. The molecule has 1 atom stereocenters. The van der Waals surface area contributed by atoms with E-state index >= 15 is 0 Å². The standard InChI is InChI=1S/C20H30O7S/c1-3-5-6-7-8-9-12-15-26-19(21)16-13-10-11-14-17(16)20(22)27-18(4-2)28(23,24)25/h10-11,13-14,18H,3-9,12,15H2,1-2H3,(H,23,24,25). The molecule has 0 saturated carbocycles. The first-order chi connectivity index (χ1) is 13.3. The SMILES string of the molecule is CCCCCCCCCOC(=O)c1ccccc1C(=O)OC(CC)S(=O)(=O)O. The number of rotatable bonds is 13. The first-order valence-corrected chi connectivity index (χ1v) is 11.2. The molecule has 0 bridgehead atoms. The Morgan fingerprint density at radius 3 is 2.00 bits per heavy atom. The van der Waals surface area contributed by atoms with Crippen molar-refractivity contribution < 1.29 is 32.0 Å². The summed E-state index contributed by atoms with van der Waals surface area (Å²) in [6, 6.07) is 5.86. The molecule has 0 aliphatic rings. The summed E-state index contributed by atoms with van der Waals surface area (Å²) < 4.78 is 41.6. The van der Waals surface area contributed by atoms with Crippen LogP contribution in [-0.2, 0) is 19.6 Å². The van der Waals surface area contributed by atoms with Crippen LogP contribution in [0.3, 0.4) is 0 Å². The van der Waals surface area contributed by atoms with Crippen molar-refractivity contribution in [3.63, 3.8) is 0 Å². The summed E-state index contributed by atoms with van der Waals surface area (Å²) >= 11 is 0. The van der Waals surface area contributed by atoms with Gasteiger partial charge in [-0.15, -0.1) is 0 Å². The van der Waals surface area contributed by atoms with E-state index < -0.39 is 27.5 Å². The number of hydrogen-bond acceptors (Lipinski definition) is 6. The van der Waals surface area contributed by atoms with Gasteiger partial charge in [0, 0.05) is 0 Å². The van der Waals surface area contributed by atoms with Crippen LogP contribution in [0.1, 0.15) is 85.9 Å². The van der Waals surface area contributed by atoms with E-state index in [1.165, 1.54) is 50.8 Å². The molecule has 0 heterocycles. The van der Waals surface area contributed by atoms with E-state index in [0.717, 1.165) is 19.3 Å². The van der Waals surface area contributed by atoms with Crippen molar-refractivity contribution in [2.75, 3.05) is 6.61 Å². The number of hydrogen-bond donors (Lipinski definition) is 1. The quantitative estimate of drug-likeness (QED) is 0.290. The molecule has 0 aliphatic carbocycles. The second-order valence-corrected chi connectivity index (χ2v) is 8.12. The van der Waals surface area contributed by atoms with E-state index in [0.29, 0.717) is 0 Å². The third-order valence-corrected chi connectivity index (χ3v) is 5.35. The molecular weight excluding hydrogens is 384 g/mol. The maximum absolute atomic E-state index is 12.3. The van der Waals surface area contributed by atoms with Crippen LogP contribution in [-0.4, -0.2) is 37.0 Å². The van der Waals surface area contributed by atoms with E-state index in [4.69, 9.17) is 14.0 Å². The first-order valence-electron chi connectivity index (χ1n) is 9.74. The second-order valence-electron chi connectivity index (χ2n) is 6.56. The fourth-order valence-corrected chi connectivity index (χ4v) is 3.31. The maximum Gasteiger partial charge on any atom is 0.340 e. The van der Waals surface area contributed by atoms with Crippen LogP contribution in [0.2, 0.25) is 0 Å². The zero-order chi connectivity index (χ0) is 21.0. The molecule has 1 aromatic rings. The van der Waals surface area contributed by atoms with E-state index in [1.807, 2.05) is 0 Å². The third kappa shape index (κ3) is 8.39. The first kappa shape index (κ1) is 24.1. The van der Waals surface area contributed by atoms with Crippen LogP contribution in [0.5, 0.6) is 0 Å². The van der Waals surface area contributed by atoms with E-state index in [-0.39, 0.29) is 24.2 Å². The monoisotopic (exact) mass is 414 g/mol. The number of unbranched alkanes of at least 4 members (excludes halogenated alkanes) is 6. The van der Waals surface area contributed by atoms with E-state index in [1.54, 1.807) is 6.07 Å². The van der Waals surface area contributed by atoms with Gasteiger partial charge in [0.2, 0.25) is 5.44 Å². The molecule has 7 nitrogen and oxygen atoms in total. The molecule has 8 heteroatoms. The van der Waals surface area contributed by atoms with E-state index in [2.05, 4.69) is 6.92 Å². The van der Waals surface area contributed by atoms with Gasteiger partial charge in [0.05, 0.1) is 17.7 Å². The van der Waals surface area contributed by atoms with Crippen LogP contribution < -0.4 is 0 Å². The summed E-state index contributed by atoms with van der Waals surface area (Å²) in [5.74, 6) is -1.67. The summed E-state index contributed by atoms with van der Waals surface area (Å²) in [6.45, 7) is 3.87. The van der Waals surface area contributed by atoms with Gasteiger partial charge in [-0.05, 0) is 25.0 Å². The van der Waals surface area contributed by atoms with Gasteiger partial charge < -0.3 is 9.47 Å². The molecule has 0 saturated heterocycles. The molecular formula is C20H30O7S. The van der Waals surface area contributed by atoms with Gasteiger partial charge in [0.25, 0.3) is 0 Å². The summed E-state index contributed by atoms with van der Waals surface area (Å²) in [7, 11) is -4.54. The molecule has 0 spiro atoms. The van der Waals surface area contributed by atoms with Crippen molar-refractivity contribution in [3.8, 4) is 0 Å². The highest BCUT2D eigenvalue weighted by Crippen LogP contribution is 2.16. The van der Waals surface area contributed by atoms with Gasteiger partial charge in [-0.2, -0.15) is 8.42 Å². The number of esters is 2. The largest absolute Gasteiger partial charge is 0.462 e. The predicted octanol–water partition coefficient (Wildman–Crippen LogP) is 4.37. The van der Waals surface area contributed by atoms with Crippen LogP contribution in [0.4, 0.5) is 0 Å². The van der Waals surface area contributed by atoms with Crippen molar-refractivity contribution in [2.45, 2.75) is 70.7 Å². The van der Waals surface area contributed by atoms with E-state index in [9.17, 15) is 18.0 Å². The van der Waals surface area contributed by atoms with Gasteiger partial charge >= 0.3 is 22.1 Å². The zero-order valence-electron chi connectivity index (χ0n) is 16.6. The minimum absolute atomic E-state index is 0.000589. The average Bonchev–Trinajstić information content (AvgIpc) is 2.66. The molecule has 1 aromatic carbocycles. The Balaban J connectivity index is 2.60. The van der Waals surface area contributed by atoms with Gasteiger partial charge in [-0.25, -0.2) is 9.59 Å².